The number of halogens is 1. The normalized spacial score (nSPS) is 23.5. The van der Waals surface area contributed by atoms with Gasteiger partial charge in [0.1, 0.15) is 18.5 Å². The van der Waals surface area contributed by atoms with E-state index in [1.807, 2.05) is 0 Å². The number of carbonyl (C=O) groups is 3. The fraction of sp³-hybridized carbons (Fsp3) is 0.526. The van der Waals surface area contributed by atoms with E-state index >= 15 is 0 Å². The highest BCUT2D eigenvalue weighted by Gasteiger charge is 2.35. The molecule has 1 aromatic rings. The molecule has 3 amide bonds. The predicted octanol–water partition coefficient (Wildman–Crippen LogP) is -0.401. The van der Waals surface area contributed by atoms with Crippen molar-refractivity contribution >= 4 is 29.3 Å². The molecular formula is C19H25FN4O6. The number of nitrogens with one attached hydrogen (secondary N) is 2. The van der Waals surface area contributed by atoms with Gasteiger partial charge in [-0.3, -0.25) is 14.5 Å². The zero-order chi connectivity index (χ0) is 21.8. The first-order valence-electron chi connectivity index (χ1n) is 9.52. The van der Waals surface area contributed by atoms with Crippen molar-refractivity contribution in [3.8, 4) is 0 Å². The number of benzene rings is 1. The van der Waals surface area contributed by atoms with Crippen LogP contribution in [0.5, 0.6) is 0 Å². The van der Waals surface area contributed by atoms with E-state index in [2.05, 4.69) is 10.6 Å². The molecule has 2 fully saturated rings. The second-order valence-corrected chi connectivity index (χ2v) is 7.27. The largest absolute Gasteiger partial charge is 0.442 e. The quantitative estimate of drug-likeness (QED) is 0.545. The molecule has 0 aliphatic carbocycles. The fourth-order valence-corrected chi connectivity index (χ4v) is 3.52. The first-order chi connectivity index (χ1) is 14.3. The average Bonchev–Trinajstić information content (AvgIpc) is 3.22. The van der Waals surface area contributed by atoms with Gasteiger partial charge in [-0.1, -0.05) is 0 Å². The number of β-amino-alcohol motifs (C(OH)–C–C–N with tert-alkyl or cyclic N) is 1. The summed E-state index contributed by atoms with van der Waals surface area (Å²) in [6, 6.07) is 3.78. The summed E-state index contributed by atoms with van der Waals surface area (Å²) in [4.78, 5) is 37.7. The number of anilines is 2. The van der Waals surface area contributed by atoms with Gasteiger partial charge in [-0.2, -0.15) is 0 Å². The molecule has 0 spiro atoms. The topological polar surface area (TPSA) is 120 Å². The third-order valence-corrected chi connectivity index (χ3v) is 4.95. The highest BCUT2D eigenvalue weighted by molar-refractivity contribution is 5.90. The van der Waals surface area contributed by atoms with E-state index in [0.29, 0.717) is 5.69 Å². The van der Waals surface area contributed by atoms with Crippen LogP contribution < -0.4 is 20.4 Å². The van der Waals surface area contributed by atoms with E-state index in [-0.39, 0.29) is 50.3 Å². The van der Waals surface area contributed by atoms with Crippen molar-refractivity contribution in [1.82, 2.24) is 10.6 Å². The van der Waals surface area contributed by atoms with Crippen molar-refractivity contribution < 1.29 is 33.4 Å². The molecule has 0 unspecified atom stereocenters. The second-order valence-electron chi connectivity index (χ2n) is 7.27. The Bertz CT molecular complexity index is 822. The lowest BCUT2D eigenvalue weighted by atomic mass is 10.2. The monoisotopic (exact) mass is 424 g/mol. The standard InChI is InChI=1S/C19H25FN4O6/c1-11(25)21-6-13-7-24(19(28)30-13)12-3-4-16(14(20)5-12)23-8-15(17(26)9-23)22-18(27)10-29-2/h3-5,13,15,17,26H,6-10H2,1-2H3,(H,21,25)(H,22,27)/t13-,15-,17-/m0/s1. The summed E-state index contributed by atoms with van der Waals surface area (Å²) in [7, 11) is 1.39. The molecule has 2 saturated heterocycles. The molecule has 1 aromatic carbocycles. The summed E-state index contributed by atoms with van der Waals surface area (Å²) < 4.78 is 24.7. The van der Waals surface area contributed by atoms with Gasteiger partial charge < -0.3 is 30.1 Å². The molecule has 11 heteroatoms. The summed E-state index contributed by atoms with van der Waals surface area (Å²) >= 11 is 0. The van der Waals surface area contributed by atoms with E-state index in [9.17, 15) is 23.9 Å². The Morgan fingerprint density at radius 1 is 1.33 bits per heavy atom. The fourth-order valence-electron chi connectivity index (χ4n) is 3.52. The molecule has 2 aliphatic rings. The van der Waals surface area contributed by atoms with E-state index in [4.69, 9.17) is 9.47 Å². The van der Waals surface area contributed by atoms with E-state index in [1.165, 1.54) is 31.1 Å². The average molecular weight is 424 g/mol. The Hall–Kier alpha value is -2.92. The van der Waals surface area contributed by atoms with Crippen LogP contribution in [0.15, 0.2) is 18.2 Å². The van der Waals surface area contributed by atoms with Gasteiger partial charge in [0.15, 0.2) is 0 Å². The van der Waals surface area contributed by atoms with Crippen LogP contribution in [0.1, 0.15) is 6.92 Å². The molecule has 3 atom stereocenters. The zero-order valence-corrected chi connectivity index (χ0v) is 16.8. The van der Waals surface area contributed by atoms with E-state index in [1.54, 1.807) is 11.0 Å². The highest BCUT2D eigenvalue weighted by atomic mass is 19.1. The molecule has 0 aromatic heterocycles. The maximum absolute atomic E-state index is 14.8. The van der Waals surface area contributed by atoms with Gasteiger partial charge in [0.05, 0.1) is 36.6 Å². The van der Waals surface area contributed by atoms with Crippen LogP contribution in [-0.4, -0.2) is 81.2 Å². The van der Waals surface area contributed by atoms with E-state index < -0.39 is 30.2 Å². The number of hydrogen-bond donors (Lipinski definition) is 3. The number of amides is 3. The van der Waals surface area contributed by atoms with Gasteiger partial charge in [-0.25, -0.2) is 9.18 Å². The molecule has 0 bridgehead atoms. The van der Waals surface area contributed by atoms with Crippen molar-refractivity contribution in [1.29, 1.82) is 0 Å². The molecule has 2 aliphatic heterocycles. The van der Waals surface area contributed by atoms with Crippen LogP contribution in [0.25, 0.3) is 0 Å². The number of nitrogens with zero attached hydrogens (tertiary/aromatic N) is 2. The van der Waals surface area contributed by atoms with Crippen molar-refractivity contribution in [2.75, 3.05) is 49.7 Å². The van der Waals surface area contributed by atoms with Gasteiger partial charge >= 0.3 is 6.09 Å². The number of cyclic esters (lactones) is 1. The Kier molecular flexibility index (Phi) is 6.73. The van der Waals surface area contributed by atoms with Crippen LogP contribution in [0.2, 0.25) is 0 Å². The molecule has 30 heavy (non-hydrogen) atoms. The Labute approximate surface area is 172 Å². The van der Waals surface area contributed by atoms with Gasteiger partial charge in [-0.15, -0.1) is 0 Å². The molecular weight excluding hydrogens is 399 g/mol. The summed E-state index contributed by atoms with van der Waals surface area (Å²) in [5.41, 5.74) is 0.583. The van der Waals surface area contributed by atoms with Crippen LogP contribution in [0, 0.1) is 5.82 Å². The minimum Gasteiger partial charge on any atom is -0.442 e. The third kappa shape index (κ3) is 4.97. The van der Waals surface area contributed by atoms with Crippen molar-refractivity contribution in [2.24, 2.45) is 0 Å². The van der Waals surface area contributed by atoms with Gasteiger partial charge in [0, 0.05) is 27.1 Å². The Morgan fingerprint density at radius 3 is 2.77 bits per heavy atom. The minimum absolute atomic E-state index is 0.124. The molecule has 164 valence electrons. The second kappa shape index (κ2) is 9.26. The molecule has 10 nitrogen and oxygen atoms in total. The van der Waals surface area contributed by atoms with Crippen molar-refractivity contribution in [2.45, 2.75) is 25.2 Å². The summed E-state index contributed by atoms with van der Waals surface area (Å²) in [5, 5.41) is 15.4. The predicted molar refractivity (Wildman–Crippen MR) is 105 cm³/mol. The maximum atomic E-state index is 14.8. The van der Waals surface area contributed by atoms with E-state index in [0.717, 1.165) is 0 Å². The smallest absolute Gasteiger partial charge is 0.414 e. The Balaban J connectivity index is 1.65. The summed E-state index contributed by atoms with van der Waals surface area (Å²) in [5.74, 6) is -1.16. The molecule has 0 saturated carbocycles. The number of carbonyl (C=O) groups excluding carboxylic acids is 3. The SMILES string of the molecule is COCC(=O)N[C@H]1CN(c2ccc(N3C[C@H](CNC(C)=O)OC3=O)cc2F)C[C@@H]1O. The van der Waals surface area contributed by atoms with Gasteiger partial charge in [0.25, 0.3) is 0 Å². The number of methoxy groups -OCH3 is 1. The van der Waals surface area contributed by atoms with Gasteiger partial charge in [-0.05, 0) is 18.2 Å². The zero-order valence-electron chi connectivity index (χ0n) is 16.8. The molecule has 0 radical (unpaired) electrons. The number of ether oxygens (including phenoxy) is 2. The first kappa shape index (κ1) is 21.8. The van der Waals surface area contributed by atoms with Crippen molar-refractivity contribution in [3.05, 3.63) is 24.0 Å². The lowest BCUT2D eigenvalue weighted by molar-refractivity contribution is -0.126. The van der Waals surface area contributed by atoms with Crippen molar-refractivity contribution in [3.63, 3.8) is 0 Å². The first-order valence-corrected chi connectivity index (χ1v) is 9.52. The lowest BCUT2D eigenvalue weighted by Crippen LogP contribution is -2.44. The molecule has 3 N–H and O–H groups in total. The number of hydrogen-bond acceptors (Lipinski definition) is 7. The van der Waals surface area contributed by atoms with Crippen LogP contribution >= 0.6 is 0 Å². The molecule has 2 heterocycles. The maximum Gasteiger partial charge on any atom is 0.414 e. The van der Waals surface area contributed by atoms with Crippen LogP contribution in [0.3, 0.4) is 0 Å². The van der Waals surface area contributed by atoms with Gasteiger partial charge in [0.2, 0.25) is 11.8 Å². The summed E-state index contributed by atoms with van der Waals surface area (Å²) in [6.07, 6.45) is -1.99. The third-order valence-electron chi connectivity index (χ3n) is 4.95. The highest BCUT2D eigenvalue weighted by Crippen LogP contribution is 2.29. The summed E-state index contributed by atoms with van der Waals surface area (Å²) in [6.45, 7) is 2.00. The number of rotatable bonds is 7. The van der Waals surface area contributed by atoms with Crippen LogP contribution in [0.4, 0.5) is 20.6 Å². The number of aliphatic hydroxyl groups is 1. The Morgan fingerprint density at radius 2 is 2.10 bits per heavy atom. The minimum atomic E-state index is -0.854. The number of aliphatic hydroxyl groups excluding tert-OH is 1. The molecule has 3 rings (SSSR count). The lowest BCUT2D eigenvalue weighted by Gasteiger charge is -2.21. The van der Waals surface area contributed by atoms with Crippen LogP contribution in [-0.2, 0) is 19.1 Å².